The van der Waals surface area contributed by atoms with E-state index in [4.69, 9.17) is 5.73 Å². The maximum Gasteiger partial charge on any atom is 0.269 e. The summed E-state index contributed by atoms with van der Waals surface area (Å²) >= 11 is 0. The molecular weight excluding hydrogens is 220 g/mol. The highest BCUT2D eigenvalue weighted by Gasteiger charge is 2.07. The number of carbonyl (C=O) groups excluding carboxylic acids is 2. The quantitative estimate of drug-likeness (QED) is 0.780. The fraction of sp³-hybridized carbons (Fsp3) is 0.0909. The van der Waals surface area contributed by atoms with Gasteiger partial charge < -0.3 is 5.73 Å². The van der Waals surface area contributed by atoms with E-state index in [0.29, 0.717) is 11.4 Å². The molecule has 0 aliphatic rings. The van der Waals surface area contributed by atoms with Crippen LogP contribution in [-0.2, 0) is 0 Å². The van der Waals surface area contributed by atoms with Crippen LogP contribution < -0.4 is 5.73 Å². The molecule has 6 nitrogen and oxygen atoms in total. The first kappa shape index (κ1) is 11.0. The molecule has 0 bridgehead atoms. The number of primary amides is 1. The SMILES string of the molecule is CC(=O)c1ccc(-n2ccc(C(N)=O)n2)nc1. The third-order valence-corrected chi connectivity index (χ3v) is 2.23. The van der Waals surface area contributed by atoms with Crippen LogP contribution in [0, 0.1) is 0 Å². The summed E-state index contributed by atoms with van der Waals surface area (Å²) in [6, 6.07) is 4.80. The van der Waals surface area contributed by atoms with E-state index in [-0.39, 0.29) is 11.5 Å². The summed E-state index contributed by atoms with van der Waals surface area (Å²) in [5.74, 6) is -0.131. The van der Waals surface area contributed by atoms with E-state index < -0.39 is 5.91 Å². The minimum atomic E-state index is -0.593. The first-order valence-electron chi connectivity index (χ1n) is 4.91. The van der Waals surface area contributed by atoms with Crippen LogP contribution in [0.4, 0.5) is 0 Å². The number of hydrogen-bond acceptors (Lipinski definition) is 4. The molecular formula is C11H10N4O2. The van der Waals surface area contributed by atoms with Gasteiger partial charge in [-0.1, -0.05) is 0 Å². The highest BCUT2D eigenvalue weighted by molar-refractivity contribution is 5.93. The van der Waals surface area contributed by atoms with Crippen molar-refractivity contribution in [2.24, 2.45) is 5.73 Å². The first-order chi connectivity index (χ1) is 8.08. The molecule has 0 fully saturated rings. The summed E-state index contributed by atoms with van der Waals surface area (Å²) in [7, 11) is 0. The minimum Gasteiger partial charge on any atom is -0.364 e. The lowest BCUT2D eigenvalue weighted by Gasteiger charge is -2.00. The third-order valence-electron chi connectivity index (χ3n) is 2.23. The molecule has 0 aliphatic carbocycles. The molecule has 0 radical (unpaired) electrons. The highest BCUT2D eigenvalue weighted by Crippen LogP contribution is 2.06. The van der Waals surface area contributed by atoms with Crippen LogP contribution in [0.5, 0.6) is 0 Å². The van der Waals surface area contributed by atoms with E-state index in [1.54, 1.807) is 18.3 Å². The molecule has 17 heavy (non-hydrogen) atoms. The Morgan fingerprint density at radius 3 is 2.53 bits per heavy atom. The number of aromatic nitrogens is 3. The average Bonchev–Trinajstić information content (AvgIpc) is 2.78. The molecule has 2 rings (SSSR count). The molecule has 0 aliphatic heterocycles. The zero-order valence-electron chi connectivity index (χ0n) is 9.12. The van der Waals surface area contributed by atoms with Crippen molar-refractivity contribution in [3.63, 3.8) is 0 Å². The lowest BCUT2D eigenvalue weighted by Crippen LogP contribution is -2.12. The molecule has 0 atom stereocenters. The Labute approximate surface area is 97.1 Å². The van der Waals surface area contributed by atoms with E-state index >= 15 is 0 Å². The van der Waals surface area contributed by atoms with Crippen LogP contribution in [0.2, 0.25) is 0 Å². The van der Waals surface area contributed by atoms with Gasteiger partial charge in [-0.15, -0.1) is 0 Å². The minimum absolute atomic E-state index is 0.0534. The molecule has 2 N–H and O–H groups in total. The van der Waals surface area contributed by atoms with Crippen molar-refractivity contribution in [3.8, 4) is 5.82 Å². The fourth-order valence-corrected chi connectivity index (χ4v) is 1.31. The van der Waals surface area contributed by atoms with Gasteiger partial charge in [-0.2, -0.15) is 5.10 Å². The lowest BCUT2D eigenvalue weighted by atomic mass is 10.2. The van der Waals surface area contributed by atoms with Crippen LogP contribution >= 0.6 is 0 Å². The smallest absolute Gasteiger partial charge is 0.269 e. The third kappa shape index (κ3) is 2.20. The van der Waals surface area contributed by atoms with Gasteiger partial charge in [0.15, 0.2) is 11.6 Å². The number of Topliss-reactive ketones (excluding diaryl/α,β-unsaturated/α-hetero) is 1. The number of amides is 1. The van der Waals surface area contributed by atoms with Crippen molar-refractivity contribution in [1.82, 2.24) is 14.8 Å². The zero-order valence-corrected chi connectivity index (χ0v) is 9.12. The van der Waals surface area contributed by atoms with Crippen LogP contribution in [0.25, 0.3) is 5.82 Å². The Bertz CT molecular complexity index is 571. The maximum atomic E-state index is 11.1. The number of nitrogens with two attached hydrogens (primary N) is 1. The van der Waals surface area contributed by atoms with Gasteiger partial charge in [-0.25, -0.2) is 9.67 Å². The summed E-state index contributed by atoms with van der Waals surface area (Å²) in [5.41, 5.74) is 5.78. The summed E-state index contributed by atoms with van der Waals surface area (Å²) < 4.78 is 1.42. The molecule has 86 valence electrons. The number of rotatable bonds is 3. The van der Waals surface area contributed by atoms with E-state index in [9.17, 15) is 9.59 Å². The van der Waals surface area contributed by atoms with Gasteiger partial charge >= 0.3 is 0 Å². The van der Waals surface area contributed by atoms with Gasteiger partial charge in [0.2, 0.25) is 0 Å². The molecule has 0 unspecified atom stereocenters. The lowest BCUT2D eigenvalue weighted by molar-refractivity contribution is 0.0992. The predicted molar refractivity (Wildman–Crippen MR) is 59.9 cm³/mol. The molecule has 0 spiro atoms. The van der Waals surface area contributed by atoms with Crippen molar-refractivity contribution in [2.45, 2.75) is 6.92 Å². The van der Waals surface area contributed by atoms with E-state index in [1.165, 1.54) is 23.9 Å². The molecule has 0 saturated heterocycles. The molecule has 2 aromatic heterocycles. The summed E-state index contributed by atoms with van der Waals surface area (Å²) in [6.07, 6.45) is 3.04. The highest BCUT2D eigenvalue weighted by atomic mass is 16.1. The van der Waals surface area contributed by atoms with Crippen molar-refractivity contribution in [3.05, 3.63) is 41.9 Å². The van der Waals surface area contributed by atoms with Crippen molar-refractivity contribution >= 4 is 11.7 Å². The van der Waals surface area contributed by atoms with Crippen LogP contribution in [0.3, 0.4) is 0 Å². The number of nitrogens with zero attached hydrogens (tertiary/aromatic N) is 3. The van der Waals surface area contributed by atoms with Crippen LogP contribution in [0.1, 0.15) is 27.8 Å². The second-order valence-electron chi connectivity index (χ2n) is 3.47. The monoisotopic (exact) mass is 230 g/mol. The molecule has 2 aromatic rings. The average molecular weight is 230 g/mol. The van der Waals surface area contributed by atoms with Crippen molar-refractivity contribution in [2.75, 3.05) is 0 Å². The topological polar surface area (TPSA) is 90.9 Å². The Kier molecular flexibility index (Phi) is 2.70. The Morgan fingerprint density at radius 1 is 1.29 bits per heavy atom. The Hall–Kier alpha value is -2.50. The summed E-state index contributed by atoms with van der Waals surface area (Å²) in [6.45, 7) is 1.47. The van der Waals surface area contributed by atoms with Crippen molar-refractivity contribution in [1.29, 1.82) is 0 Å². The summed E-state index contributed by atoms with van der Waals surface area (Å²) in [5, 5.41) is 3.95. The predicted octanol–water partition coefficient (Wildman–Crippen LogP) is 0.569. The molecule has 6 heteroatoms. The van der Waals surface area contributed by atoms with Crippen LogP contribution in [0.15, 0.2) is 30.6 Å². The number of carbonyl (C=O) groups is 2. The van der Waals surface area contributed by atoms with Gasteiger partial charge in [0.05, 0.1) is 0 Å². The molecule has 0 aromatic carbocycles. The van der Waals surface area contributed by atoms with Crippen LogP contribution in [-0.4, -0.2) is 26.5 Å². The van der Waals surface area contributed by atoms with Crippen molar-refractivity contribution < 1.29 is 9.59 Å². The maximum absolute atomic E-state index is 11.1. The Balaban J connectivity index is 2.33. The normalized spacial score (nSPS) is 10.2. The summed E-state index contributed by atoms with van der Waals surface area (Å²) in [4.78, 5) is 26.0. The van der Waals surface area contributed by atoms with Gasteiger partial charge in [0.25, 0.3) is 5.91 Å². The number of ketones is 1. The number of pyridine rings is 1. The molecule has 2 heterocycles. The largest absolute Gasteiger partial charge is 0.364 e. The Morgan fingerprint density at radius 2 is 2.06 bits per heavy atom. The number of hydrogen-bond donors (Lipinski definition) is 1. The van der Waals surface area contributed by atoms with Gasteiger partial charge in [0, 0.05) is 18.0 Å². The molecule has 1 amide bonds. The first-order valence-corrected chi connectivity index (χ1v) is 4.91. The van der Waals surface area contributed by atoms with E-state index in [0.717, 1.165) is 0 Å². The van der Waals surface area contributed by atoms with Gasteiger partial charge in [0.1, 0.15) is 5.69 Å². The standard InChI is InChI=1S/C11H10N4O2/c1-7(16)8-2-3-10(13-6-8)15-5-4-9(14-15)11(12)17/h2-6H,1H3,(H2,12,17). The second kappa shape index (κ2) is 4.17. The van der Waals surface area contributed by atoms with E-state index in [2.05, 4.69) is 10.1 Å². The fourth-order valence-electron chi connectivity index (χ4n) is 1.31. The van der Waals surface area contributed by atoms with Gasteiger partial charge in [-0.05, 0) is 25.1 Å². The zero-order chi connectivity index (χ0) is 12.4. The molecule has 0 saturated carbocycles. The van der Waals surface area contributed by atoms with Gasteiger partial charge in [-0.3, -0.25) is 9.59 Å². The second-order valence-corrected chi connectivity index (χ2v) is 3.47. The van der Waals surface area contributed by atoms with E-state index in [1.807, 2.05) is 0 Å².